The maximum Gasteiger partial charge on any atom is 0.266 e. The molecule has 0 saturated carbocycles. The summed E-state index contributed by atoms with van der Waals surface area (Å²) in [4.78, 5) is 57.7. The van der Waals surface area contributed by atoms with Gasteiger partial charge in [-0.15, -0.1) is 0 Å². The Balaban J connectivity index is 0.000000172. The Bertz CT molecular complexity index is 4240. The van der Waals surface area contributed by atoms with Crippen molar-refractivity contribution in [2.45, 2.75) is 40.0 Å². The van der Waals surface area contributed by atoms with Gasteiger partial charge >= 0.3 is 0 Å². The number of fused-ring (bicyclic) bond motifs is 2. The topological polar surface area (TPSA) is 99.7 Å². The molecule has 11 aromatic carbocycles. The molecule has 4 amide bonds. The van der Waals surface area contributed by atoms with Crippen LogP contribution in [0.3, 0.4) is 0 Å². The van der Waals surface area contributed by atoms with E-state index in [1.165, 1.54) is 34.2 Å². The number of anilines is 7. The van der Waals surface area contributed by atoms with Crippen LogP contribution >= 0.6 is 0 Å². The summed E-state index contributed by atoms with van der Waals surface area (Å²) >= 11 is 0. The van der Waals surface area contributed by atoms with Crippen molar-refractivity contribution < 1.29 is 28.7 Å². The highest BCUT2D eigenvalue weighted by Crippen LogP contribution is 2.41. The number of hydrogen-bond acceptors (Lipinski definition) is 8. The zero-order chi connectivity index (χ0) is 60.3. The molecule has 0 aliphatic carbocycles. The molecule has 2 heterocycles. The molecule has 0 saturated heterocycles. The summed E-state index contributed by atoms with van der Waals surface area (Å²) in [7, 11) is 1.47. The van der Waals surface area contributed by atoms with Gasteiger partial charge in [-0.3, -0.25) is 24.1 Å². The molecule has 0 atom stereocenters. The molecule has 11 aromatic rings. The zero-order valence-corrected chi connectivity index (χ0v) is 49.1. The predicted molar refractivity (Wildman–Crippen MR) is 348 cm³/mol. The minimum Gasteiger partial charge on any atom is -0.457 e. The van der Waals surface area contributed by atoms with Gasteiger partial charge in [-0.1, -0.05) is 135 Å². The van der Waals surface area contributed by atoms with Crippen LogP contribution in [0.1, 0.15) is 83.1 Å². The van der Waals surface area contributed by atoms with Crippen LogP contribution in [0.2, 0.25) is 0 Å². The molecule has 0 fully saturated rings. The van der Waals surface area contributed by atoms with Crippen LogP contribution in [-0.4, -0.2) is 35.6 Å². The first kappa shape index (κ1) is 56.4. The average molecular weight is 1140 g/mol. The summed E-state index contributed by atoms with van der Waals surface area (Å²) in [5, 5.41) is 0. The number of aryl methyl sites for hydroxylation is 3. The fraction of sp³-hybridized carbons (Fsp3) is 0.0909. The van der Waals surface area contributed by atoms with E-state index in [4.69, 9.17) is 9.47 Å². The van der Waals surface area contributed by atoms with Gasteiger partial charge in [0.2, 0.25) is 0 Å². The summed E-state index contributed by atoms with van der Waals surface area (Å²) in [6.07, 6.45) is 0. The van der Waals surface area contributed by atoms with Gasteiger partial charge in [-0.05, 0) is 205 Å². The Morgan fingerprint density at radius 1 is 0.322 bits per heavy atom. The SMILES string of the molecule is Cc1cccc(N(c2ccccc2)c2ccc(-c3ccc(N(c4ccccc4)c4cccc(C)c4)cc3)cc2)c1.Cc1cccc(N2C(=O)c3ccc(Oc4ccc(C(C)(C)c5ccc(Oc6ccc7c(c6)C(=O)N(C)C7=O)cc5)cc4)cc3C2=O)c1. The number of carbonyl (C=O) groups is 4. The van der Waals surface area contributed by atoms with Crippen molar-refractivity contribution in [2.75, 3.05) is 21.7 Å². The first-order valence-electron chi connectivity index (χ1n) is 28.8. The van der Waals surface area contributed by atoms with Gasteiger partial charge in [0.05, 0.1) is 27.9 Å². The van der Waals surface area contributed by atoms with E-state index in [0.717, 1.165) is 55.7 Å². The summed E-state index contributed by atoms with van der Waals surface area (Å²) in [5.41, 5.74) is 16.4. The molecule has 10 heteroatoms. The van der Waals surface area contributed by atoms with Crippen molar-refractivity contribution in [1.82, 2.24) is 4.90 Å². The zero-order valence-electron chi connectivity index (χ0n) is 49.1. The third-order valence-corrected chi connectivity index (χ3v) is 15.9. The molecule has 0 spiro atoms. The number of benzene rings is 11. The smallest absolute Gasteiger partial charge is 0.266 e. The maximum absolute atomic E-state index is 13.2. The molecule has 0 bridgehead atoms. The third-order valence-electron chi connectivity index (χ3n) is 15.9. The minimum atomic E-state index is -0.374. The molecule has 0 unspecified atom stereocenters. The summed E-state index contributed by atoms with van der Waals surface area (Å²) < 4.78 is 12.1. The minimum absolute atomic E-state index is 0.312. The maximum atomic E-state index is 13.2. The highest BCUT2D eigenvalue weighted by Gasteiger charge is 2.37. The number of ether oxygens (including phenoxy) is 2. The van der Waals surface area contributed by atoms with Crippen molar-refractivity contribution in [1.29, 1.82) is 0 Å². The molecule has 0 radical (unpaired) electrons. The van der Waals surface area contributed by atoms with E-state index in [-0.39, 0.29) is 29.0 Å². The Morgan fingerprint density at radius 3 is 1.11 bits per heavy atom. The Kier molecular flexibility index (Phi) is 15.5. The van der Waals surface area contributed by atoms with Crippen LogP contribution in [0.25, 0.3) is 11.1 Å². The van der Waals surface area contributed by atoms with Crippen LogP contribution in [0.15, 0.2) is 267 Å². The van der Waals surface area contributed by atoms with Crippen LogP contribution in [0.4, 0.5) is 39.8 Å². The highest BCUT2D eigenvalue weighted by atomic mass is 16.5. The largest absolute Gasteiger partial charge is 0.457 e. The normalized spacial score (nSPS) is 12.5. The number of amides is 4. The van der Waals surface area contributed by atoms with E-state index < -0.39 is 0 Å². The first-order valence-corrected chi connectivity index (χ1v) is 28.8. The first-order chi connectivity index (χ1) is 42.2. The number of rotatable bonds is 14. The lowest BCUT2D eigenvalue weighted by Gasteiger charge is -2.26. The van der Waals surface area contributed by atoms with E-state index in [0.29, 0.717) is 50.9 Å². The van der Waals surface area contributed by atoms with Crippen molar-refractivity contribution in [3.05, 3.63) is 317 Å². The molecule has 426 valence electrons. The second kappa shape index (κ2) is 23.9. The van der Waals surface area contributed by atoms with Gasteiger partial charge in [-0.2, -0.15) is 0 Å². The molecule has 10 nitrogen and oxygen atoms in total. The molecule has 13 rings (SSSR count). The lowest BCUT2D eigenvalue weighted by Crippen LogP contribution is -2.29. The molecule has 2 aliphatic rings. The monoisotopic (exact) mass is 1140 g/mol. The molecular formula is C77H62N4O6. The van der Waals surface area contributed by atoms with Crippen LogP contribution in [-0.2, 0) is 5.41 Å². The van der Waals surface area contributed by atoms with E-state index in [1.807, 2.05) is 73.7 Å². The average Bonchev–Trinajstić information content (AvgIpc) is 2.02. The number of carbonyl (C=O) groups excluding carboxylic acids is 4. The van der Waals surface area contributed by atoms with Gasteiger partial charge in [-0.25, -0.2) is 4.90 Å². The van der Waals surface area contributed by atoms with E-state index in [9.17, 15) is 19.2 Å². The molecule has 87 heavy (non-hydrogen) atoms. The third kappa shape index (κ3) is 11.6. The number of para-hydroxylation sites is 2. The number of nitrogens with zero attached hydrogens (tertiary/aromatic N) is 4. The van der Waals surface area contributed by atoms with Gasteiger partial charge in [0.15, 0.2) is 0 Å². The van der Waals surface area contributed by atoms with Gasteiger partial charge in [0, 0.05) is 46.6 Å². The Labute approximate surface area is 507 Å². The Morgan fingerprint density at radius 2 is 0.678 bits per heavy atom. The number of hydrogen-bond donors (Lipinski definition) is 0. The van der Waals surface area contributed by atoms with Gasteiger partial charge in [0.25, 0.3) is 23.6 Å². The molecular weight excluding hydrogens is 1080 g/mol. The van der Waals surface area contributed by atoms with Gasteiger partial charge < -0.3 is 19.3 Å². The van der Waals surface area contributed by atoms with Crippen LogP contribution in [0.5, 0.6) is 23.0 Å². The fourth-order valence-electron chi connectivity index (χ4n) is 11.2. The predicted octanol–water partition coefficient (Wildman–Crippen LogP) is 18.8. The second-order valence-corrected chi connectivity index (χ2v) is 22.4. The lowest BCUT2D eigenvalue weighted by atomic mass is 9.78. The summed E-state index contributed by atoms with van der Waals surface area (Å²) in [6, 6.07) is 88.7. The van der Waals surface area contributed by atoms with Gasteiger partial charge in [0.1, 0.15) is 23.0 Å². The van der Waals surface area contributed by atoms with E-state index in [1.54, 1.807) is 42.5 Å². The van der Waals surface area contributed by atoms with E-state index in [2.05, 4.69) is 195 Å². The van der Waals surface area contributed by atoms with Crippen LogP contribution < -0.4 is 24.2 Å². The van der Waals surface area contributed by atoms with Crippen molar-refractivity contribution in [2.24, 2.45) is 0 Å². The van der Waals surface area contributed by atoms with Crippen molar-refractivity contribution in [3.8, 4) is 34.1 Å². The lowest BCUT2D eigenvalue weighted by molar-refractivity contribution is 0.0692. The van der Waals surface area contributed by atoms with Crippen molar-refractivity contribution in [3.63, 3.8) is 0 Å². The Hall–Kier alpha value is -11.1. The summed E-state index contributed by atoms with van der Waals surface area (Å²) in [6.45, 7) is 10.4. The van der Waals surface area contributed by atoms with E-state index >= 15 is 0 Å². The standard InChI is InChI=1S/C39H30N2O6.C38H32N2/c1-23-6-5-7-26(20-23)41-37(44)32-19-17-30(22-34(32)38(41)45)47-28-14-10-25(11-15-28)39(2,3)24-8-12-27(13-9-24)46-29-16-18-31-33(21-29)36(43)40(4)35(31)42;1-29-11-9-17-37(27-29)39(33-13-5-3-6-14-33)35-23-19-31(20-24-35)32-21-25-36(26-22-32)40(34-15-7-4-8-16-34)38-18-10-12-30(2)28-38/h5-22H,1-4H3;3-28H,1-2H3. The second-order valence-electron chi connectivity index (χ2n) is 22.4. The molecule has 0 N–H and O–H groups in total. The fourth-order valence-corrected chi connectivity index (χ4v) is 11.2. The molecule has 2 aliphatic heterocycles. The molecule has 0 aromatic heterocycles. The van der Waals surface area contributed by atoms with Crippen molar-refractivity contribution >= 4 is 63.4 Å². The quantitative estimate of drug-likeness (QED) is 0.0993. The van der Waals surface area contributed by atoms with Crippen LogP contribution in [0, 0.1) is 20.8 Å². The highest BCUT2D eigenvalue weighted by molar-refractivity contribution is 6.34. The number of imide groups is 2. The summed E-state index contributed by atoms with van der Waals surface area (Å²) in [5.74, 6) is 0.769.